The van der Waals surface area contributed by atoms with Gasteiger partial charge in [0.1, 0.15) is 5.78 Å². The zero-order valence-corrected chi connectivity index (χ0v) is 11.6. The highest BCUT2D eigenvalue weighted by Crippen LogP contribution is 2.31. The molecule has 3 heteroatoms. The first-order chi connectivity index (χ1) is 8.65. The molecule has 0 N–H and O–H groups in total. The topological polar surface area (TPSA) is 17.1 Å². The van der Waals surface area contributed by atoms with E-state index in [1.165, 1.54) is 0 Å². The van der Waals surface area contributed by atoms with Crippen molar-refractivity contribution in [2.45, 2.75) is 23.1 Å². The molecular weight excluding hydrogens is 264 g/mol. The molecule has 0 heterocycles. The first-order valence-corrected chi connectivity index (χ1v) is 6.85. The predicted molar refractivity (Wildman–Crippen MR) is 76.4 cm³/mol. The molecule has 2 rings (SSSR count). The number of carbonyl (C=O) groups excluding carboxylic acids is 1. The highest BCUT2D eigenvalue weighted by molar-refractivity contribution is 7.99. The summed E-state index contributed by atoms with van der Waals surface area (Å²) >= 11 is 7.51. The first-order valence-electron chi connectivity index (χ1n) is 5.66. The molecule has 18 heavy (non-hydrogen) atoms. The van der Waals surface area contributed by atoms with Gasteiger partial charge in [-0.25, -0.2) is 0 Å². The van der Waals surface area contributed by atoms with Gasteiger partial charge in [0, 0.05) is 21.2 Å². The molecule has 92 valence electrons. The van der Waals surface area contributed by atoms with Crippen molar-refractivity contribution in [2.75, 3.05) is 0 Å². The first kappa shape index (κ1) is 13.2. The number of halogens is 1. The molecule has 0 spiro atoms. The van der Waals surface area contributed by atoms with Crippen LogP contribution in [0.2, 0.25) is 5.02 Å². The lowest BCUT2D eigenvalue weighted by molar-refractivity contribution is -0.116. The predicted octanol–water partition coefficient (Wildman–Crippen LogP) is 4.62. The van der Waals surface area contributed by atoms with Gasteiger partial charge in [0.05, 0.1) is 0 Å². The summed E-state index contributed by atoms with van der Waals surface area (Å²) in [7, 11) is 0. The third-order valence-electron chi connectivity index (χ3n) is 2.45. The smallest absolute Gasteiger partial charge is 0.134 e. The number of hydrogen-bond donors (Lipinski definition) is 0. The van der Waals surface area contributed by atoms with Crippen LogP contribution in [0, 0.1) is 0 Å². The maximum absolute atomic E-state index is 11.2. The van der Waals surface area contributed by atoms with Crippen molar-refractivity contribution in [3.8, 4) is 0 Å². The van der Waals surface area contributed by atoms with Crippen molar-refractivity contribution >= 4 is 29.1 Å². The third kappa shape index (κ3) is 3.62. The van der Waals surface area contributed by atoms with E-state index in [9.17, 15) is 4.79 Å². The number of rotatable bonds is 4. The lowest BCUT2D eigenvalue weighted by Crippen LogP contribution is -1.97. The largest absolute Gasteiger partial charge is 0.300 e. The van der Waals surface area contributed by atoms with Crippen LogP contribution in [0.1, 0.15) is 12.5 Å². The molecule has 2 aromatic rings. The van der Waals surface area contributed by atoms with Gasteiger partial charge < -0.3 is 0 Å². The fourth-order valence-electron chi connectivity index (χ4n) is 1.65. The monoisotopic (exact) mass is 276 g/mol. The van der Waals surface area contributed by atoms with Gasteiger partial charge in [0.2, 0.25) is 0 Å². The summed E-state index contributed by atoms with van der Waals surface area (Å²) in [5.41, 5.74) is 1.07. The Bertz CT molecular complexity index is 549. The van der Waals surface area contributed by atoms with E-state index in [0.717, 1.165) is 20.4 Å². The summed E-state index contributed by atoms with van der Waals surface area (Å²) in [6, 6.07) is 15.7. The molecular formula is C15H13ClOS. The Morgan fingerprint density at radius 3 is 2.44 bits per heavy atom. The van der Waals surface area contributed by atoms with E-state index in [1.54, 1.807) is 18.7 Å². The molecule has 0 saturated heterocycles. The lowest BCUT2D eigenvalue weighted by Gasteiger charge is -2.07. The Hall–Kier alpha value is -1.25. The van der Waals surface area contributed by atoms with Gasteiger partial charge >= 0.3 is 0 Å². The highest BCUT2D eigenvalue weighted by atomic mass is 35.5. The van der Waals surface area contributed by atoms with Crippen LogP contribution in [0.4, 0.5) is 0 Å². The van der Waals surface area contributed by atoms with Crippen molar-refractivity contribution in [1.82, 2.24) is 0 Å². The van der Waals surface area contributed by atoms with Crippen LogP contribution in [0.15, 0.2) is 58.3 Å². The van der Waals surface area contributed by atoms with E-state index in [2.05, 4.69) is 0 Å². The van der Waals surface area contributed by atoms with E-state index in [-0.39, 0.29) is 5.78 Å². The molecule has 0 aliphatic heterocycles. The van der Waals surface area contributed by atoms with Gasteiger partial charge in [-0.3, -0.25) is 4.79 Å². The Kier molecular flexibility index (Phi) is 4.45. The summed E-state index contributed by atoms with van der Waals surface area (Å²) in [5, 5.41) is 0.733. The Labute approximate surface area is 116 Å². The summed E-state index contributed by atoms with van der Waals surface area (Å²) < 4.78 is 0. The van der Waals surface area contributed by atoms with Gasteiger partial charge in [-0.05, 0) is 42.8 Å². The second-order valence-electron chi connectivity index (χ2n) is 4.04. The molecule has 0 aliphatic rings. The number of ketones is 1. The van der Waals surface area contributed by atoms with E-state index in [4.69, 9.17) is 11.6 Å². The highest BCUT2D eigenvalue weighted by Gasteiger charge is 2.06. The van der Waals surface area contributed by atoms with E-state index < -0.39 is 0 Å². The van der Waals surface area contributed by atoms with Crippen LogP contribution in [0.25, 0.3) is 0 Å². The second-order valence-corrected chi connectivity index (χ2v) is 5.59. The summed E-state index contributed by atoms with van der Waals surface area (Å²) in [6.07, 6.45) is 0.483. The van der Waals surface area contributed by atoms with Gasteiger partial charge in [0.25, 0.3) is 0 Å². The molecule has 0 radical (unpaired) electrons. The Morgan fingerprint density at radius 1 is 1.11 bits per heavy atom. The van der Waals surface area contributed by atoms with Gasteiger partial charge in [0.15, 0.2) is 0 Å². The molecule has 0 aromatic heterocycles. The molecule has 1 nitrogen and oxygen atoms in total. The minimum Gasteiger partial charge on any atom is -0.300 e. The number of carbonyl (C=O) groups is 1. The van der Waals surface area contributed by atoms with Crippen LogP contribution < -0.4 is 0 Å². The van der Waals surface area contributed by atoms with Crippen LogP contribution in [0.5, 0.6) is 0 Å². The van der Waals surface area contributed by atoms with E-state index in [1.807, 2.05) is 48.5 Å². The standard InChI is InChI=1S/C15H13ClOS/c1-11(17)10-12-4-2-3-5-15(12)18-14-8-6-13(16)7-9-14/h2-9H,10H2,1H3. The van der Waals surface area contributed by atoms with Crippen LogP contribution in [-0.4, -0.2) is 5.78 Å². The van der Waals surface area contributed by atoms with Gasteiger partial charge in [-0.15, -0.1) is 0 Å². The van der Waals surface area contributed by atoms with Crippen LogP contribution >= 0.6 is 23.4 Å². The minimum absolute atomic E-state index is 0.180. The fourth-order valence-corrected chi connectivity index (χ4v) is 2.72. The average Bonchev–Trinajstić information content (AvgIpc) is 2.34. The van der Waals surface area contributed by atoms with Crippen molar-refractivity contribution < 1.29 is 4.79 Å². The van der Waals surface area contributed by atoms with E-state index in [0.29, 0.717) is 6.42 Å². The fraction of sp³-hybridized carbons (Fsp3) is 0.133. The van der Waals surface area contributed by atoms with Crippen molar-refractivity contribution in [2.24, 2.45) is 0 Å². The van der Waals surface area contributed by atoms with Crippen molar-refractivity contribution in [1.29, 1.82) is 0 Å². The normalized spacial score (nSPS) is 10.3. The quantitative estimate of drug-likeness (QED) is 0.810. The average molecular weight is 277 g/mol. The van der Waals surface area contributed by atoms with Crippen molar-refractivity contribution in [3.05, 3.63) is 59.1 Å². The zero-order chi connectivity index (χ0) is 13.0. The zero-order valence-electron chi connectivity index (χ0n) is 10.0. The molecule has 0 saturated carbocycles. The number of Topliss-reactive ketones (excluding diaryl/α,β-unsaturated/α-hetero) is 1. The summed E-state index contributed by atoms with van der Waals surface area (Å²) in [5.74, 6) is 0.180. The van der Waals surface area contributed by atoms with Crippen LogP contribution in [-0.2, 0) is 11.2 Å². The molecule has 0 bridgehead atoms. The van der Waals surface area contributed by atoms with Crippen LogP contribution in [0.3, 0.4) is 0 Å². The third-order valence-corrected chi connectivity index (χ3v) is 3.83. The summed E-state index contributed by atoms with van der Waals surface area (Å²) in [6.45, 7) is 1.61. The molecule has 2 aromatic carbocycles. The number of hydrogen-bond acceptors (Lipinski definition) is 2. The van der Waals surface area contributed by atoms with Crippen molar-refractivity contribution in [3.63, 3.8) is 0 Å². The maximum atomic E-state index is 11.2. The van der Waals surface area contributed by atoms with E-state index >= 15 is 0 Å². The molecule has 0 amide bonds. The van der Waals surface area contributed by atoms with Gasteiger partial charge in [-0.1, -0.05) is 41.6 Å². The molecule has 0 fully saturated rings. The Morgan fingerprint density at radius 2 is 1.78 bits per heavy atom. The summed E-state index contributed by atoms with van der Waals surface area (Å²) in [4.78, 5) is 13.5. The minimum atomic E-state index is 0.180. The molecule has 0 atom stereocenters. The molecule has 0 aliphatic carbocycles. The van der Waals surface area contributed by atoms with Gasteiger partial charge in [-0.2, -0.15) is 0 Å². The lowest BCUT2D eigenvalue weighted by atomic mass is 10.1. The number of benzene rings is 2. The SMILES string of the molecule is CC(=O)Cc1ccccc1Sc1ccc(Cl)cc1. The Balaban J connectivity index is 2.23. The molecule has 0 unspecified atom stereocenters. The maximum Gasteiger partial charge on any atom is 0.134 e. The second kappa shape index (κ2) is 6.07.